The average Bonchev–Trinajstić information content (AvgIpc) is 2.93. The molecular weight excluding hydrogens is 476 g/mol. The number of hydrazine groups is 1. The van der Waals surface area contributed by atoms with Crippen molar-refractivity contribution in [1.82, 2.24) is 4.90 Å². The Hall–Kier alpha value is -3.84. The summed E-state index contributed by atoms with van der Waals surface area (Å²) in [5.41, 5.74) is 16.0. The highest BCUT2D eigenvalue weighted by Gasteiger charge is 2.26. The van der Waals surface area contributed by atoms with Crippen LogP contribution >= 0.6 is 0 Å². The van der Waals surface area contributed by atoms with Crippen LogP contribution in [0, 0.1) is 20.8 Å². The normalized spacial score (nSPS) is 13.6. The van der Waals surface area contributed by atoms with Gasteiger partial charge in [-0.1, -0.05) is 30.3 Å². The fourth-order valence-electron chi connectivity index (χ4n) is 5.21. The third-order valence-corrected chi connectivity index (χ3v) is 7.84. The van der Waals surface area contributed by atoms with Gasteiger partial charge in [-0.2, -0.15) is 0 Å². The van der Waals surface area contributed by atoms with Crippen molar-refractivity contribution >= 4 is 23.3 Å². The quantitative estimate of drug-likeness (QED) is 0.204. The number of carbonyl (C=O) groups is 2. The Morgan fingerprint density at radius 1 is 1.03 bits per heavy atom. The molecule has 0 bridgehead atoms. The van der Waals surface area contributed by atoms with E-state index in [1.54, 1.807) is 5.01 Å². The van der Waals surface area contributed by atoms with E-state index in [2.05, 4.69) is 18.2 Å². The van der Waals surface area contributed by atoms with Crippen molar-refractivity contribution in [3.05, 3.63) is 93.0 Å². The van der Waals surface area contributed by atoms with Crippen LogP contribution in [0.5, 0.6) is 0 Å². The molecule has 0 aromatic heterocycles. The van der Waals surface area contributed by atoms with E-state index in [-0.39, 0.29) is 24.2 Å². The Morgan fingerprint density at radius 2 is 1.79 bits per heavy atom. The van der Waals surface area contributed by atoms with Crippen molar-refractivity contribution in [3.8, 4) is 0 Å². The third-order valence-electron chi connectivity index (χ3n) is 7.84. The molecule has 0 aliphatic carbocycles. The maximum absolute atomic E-state index is 13.3. The second-order valence-electron chi connectivity index (χ2n) is 10.1. The number of rotatable bonds is 7. The van der Waals surface area contributed by atoms with Crippen LogP contribution in [0.4, 0.5) is 11.4 Å². The number of nitrogen functional groups attached to an aromatic ring is 1. The molecule has 0 saturated heterocycles. The molecule has 0 spiro atoms. The molecule has 1 atom stereocenters. The van der Waals surface area contributed by atoms with Gasteiger partial charge in [-0.25, -0.2) is 5.84 Å². The lowest BCUT2D eigenvalue weighted by atomic mass is 9.83. The Labute approximate surface area is 225 Å². The molecular formula is C31H38N4O3. The maximum atomic E-state index is 13.3. The van der Waals surface area contributed by atoms with E-state index in [0.29, 0.717) is 30.9 Å². The van der Waals surface area contributed by atoms with Crippen LogP contribution in [-0.2, 0) is 22.5 Å². The molecule has 3 aromatic rings. The highest BCUT2D eigenvalue weighted by Crippen LogP contribution is 2.37. The molecule has 38 heavy (non-hydrogen) atoms. The maximum Gasteiger partial charge on any atom is 0.306 e. The minimum atomic E-state index is -0.296. The highest BCUT2D eigenvalue weighted by molar-refractivity contribution is 5.94. The Balaban J connectivity index is 1.68. The molecule has 3 aromatic carbocycles. The standard InChI is InChI=1S/C31H38N4O3/c1-6-35(33)28-12-11-26(21(4)30(28)32)27(17-29(36)38-5)23-10-9-22-13-14-34(18-25(22)16-23)31(37)24-8-7-19(2)20(3)15-24/h7-12,15-16,27H,6,13-14,17-18,32-33H2,1-5H3. The van der Waals surface area contributed by atoms with E-state index >= 15 is 0 Å². The number of hydrogen-bond donors (Lipinski definition) is 2. The monoisotopic (exact) mass is 514 g/mol. The molecule has 0 fully saturated rings. The molecule has 1 aliphatic rings. The lowest BCUT2D eigenvalue weighted by Gasteiger charge is -2.30. The zero-order valence-corrected chi connectivity index (χ0v) is 23.0. The van der Waals surface area contributed by atoms with Crippen molar-refractivity contribution in [2.45, 2.75) is 53.0 Å². The molecule has 7 nitrogen and oxygen atoms in total. The summed E-state index contributed by atoms with van der Waals surface area (Å²) >= 11 is 0. The zero-order valence-electron chi connectivity index (χ0n) is 23.0. The predicted molar refractivity (Wildman–Crippen MR) is 152 cm³/mol. The second-order valence-corrected chi connectivity index (χ2v) is 10.1. The van der Waals surface area contributed by atoms with Crippen LogP contribution in [0.1, 0.15) is 68.6 Å². The summed E-state index contributed by atoms with van der Waals surface area (Å²) in [7, 11) is 1.40. The van der Waals surface area contributed by atoms with E-state index in [1.165, 1.54) is 18.2 Å². The summed E-state index contributed by atoms with van der Waals surface area (Å²) in [4.78, 5) is 27.7. The van der Waals surface area contributed by atoms with Gasteiger partial charge in [0.15, 0.2) is 0 Å². The Bertz CT molecular complexity index is 1370. The first-order valence-corrected chi connectivity index (χ1v) is 13.1. The molecule has 4 rings (SSSR count). The van der Waals surface area contributed by atoms with E-state index in [4.69, 9.17) is 16.3 Å². The highest BCUT2D eigenvalue weighted by atomic mass is 16.5. The van der Waals surface area contributed by atoms with Crippen molar-refractivity contribution in [1.29, 1.82) is 0 Å². The molecule has 1 aliphatic heterocycles. The summed E-state index contributed by atoms with van der Waals surface area (Å²) in [5, 5.41) is 1.61. The first-order valence-electron chi connectivity index (χ1n) is 13.1. The van der Waals surface area contributed by atoms with Crippen molar-refractivity contribution in [2.24, 2.45) is 5.84 Å². The Morgan fingerprint density at radius 3 is 2.47 bits per heavy atom. The van der Waals surface area contributed by atoms with Gasteiger partial charge in [-0.15, -0.1) is 0 Å². The van der Waals surface area contributed by atoms with Gasteiger partial charge in [0.1, 0.15) is 0 Å². The van der Waals surface area contributed by atoms with Crippen molar-refractivity contribution < 1.29 is 14.3 Å². The number of nitrogens with zero attached hydrogens (tertiary/aromatic N) is 2. The number of methoxy groups -OCH3 is 1. The van der Waals surface area contributed by atoms with E-state index in [0.717, 1.165) is 39.9 Å². The minimum Gasteiger partial charge on any atom is -0.469 e. The van der Waals surface area contributed by atoms with Gasteiger partial charge in [-0.3, -0.25) is 9.59 Å². The number of amides is 1. The van der Waals surface area contributed by atoms with Gasteiger partial charge in [0.25, 0.3) is 5.91 Å². The molecule has 1 heterocycles. The largest absolute Gasteiger partial charge is 0.469 e. The van der Waals surface area contributed by atoms with Crippen LogP contribution in [0.2, 0.25) is 0 Å². The number of aryl methyl sites for hydroxylation is 2. The van der Waals surface area contributed by atoms with E-state index < -0.39 is 0 Å². The minimum absolute atomic E-state index is 0.0386. The molecule has 0 saturated carbocycles. The average molecular weight is 515 g/mol. The van der Waals surface area contributed by atoms with E-state index in [1.807, 2.05) is 62.9 Å². The first kappa shape index (κ1) is 27.2. The number of benzene rings is 3. The second kappa shape index (κ2) is 11.3. The smallest absolute Gasteiger partial charge is 0.306 e. The van der Waals surface area contributed by atoms with Gasteiger partial charge in [0.2, 0.25) is 0 Å². The summed E-state index contributed by atoms with van der Waals surface area (Å²) in [6, 6.07) is 16.1. The van der Waals surface area contributed by atoms with Crippen LogP contribution in [0.3, 0.4) is 0 Å². The van der Waals surface area contributed by atoms with Gasteiger partial charge < -0.3 is 20.4 Å². The van der Waals surface area contributed by atoms with Gasteiger partial charge in [0.05, 0.1) is 24.9 Å². The molecule has 7 heteroatoms. The zero-order chi connectivity index (χ0) is 27.6. The number of ether oxygens (including phenoxy) is 1. The van der Waals surface area contributed by atoms with Crippen LogP contribution in [0.25, 0.3) is 0 Å². The number of carbonyl (C=O) groups excluding carboxylic acids is 2. The molecule has 0 radical (unpaired) electrons. The summed E-state index contributed by atoms with van der Waals surface area (Å²) < 4.78 is 5.05. The fourth-order valence-corrected chi connectivity index (χ4v) is 5.21. The summed E-state index contributed by atoms with van der Waals surface area (Å²) in [6.45, 7) is 9.82. The predicted octanol–water partition coefficient (Wildman–Crippen LogP) is 4.79. The summed E-state index contributed by atoms with van der Waals surface area (Å²) in [5.74, 6) is 5.62. The summed E-state index contributed by atoms with van der Waals surface area (Å²) in [6.07, 6.45) is 0.970. The number of fused-ring (bicyclic) bond motifs is 1. The van der Waals surface area contributed by atoms with Crippen LogP contribution < -0.4 is 16.6 Å². The molecule has 4 N–H and O–H groups in total. The van der Waals surface area contributed by atoms with Gasteiger partial charge in [0, 0.05) is 31.1 Å². The van der Waals surface area contributed by atoms with Crippen molar-refractivity contribution in [2.75, 3.05) is 30.9 Å². The number of hydrogen-bond acceptors (Lipinski definition) is 6. The number of esters is 1. The molecule has 1 amide bonds. The molecule has 1 unspecified atom stereocenters. The Kier molecular flexibility index (Phi) is 8.07. The lowest BCUT2D eigenvalue weighted by molar-refractivity contribution is -0.140. The number of nitrogens with two attached hydrogens (primary N) is 2. The molecule has 200 valence electrons. The SMILES string of the molecule is CCN(N)c1ccc(C(CC(=O)OC)c2ccc3c(c2)CN(C(=O)c2ccc(C)c(C)c2)CC3)c(C)c1N. The van der Waals surface area contributed by atoms with Gasteiger partial charge in [-0.05, 0) is 91.3 Å². The van der Waals surface area contributed by atoms with Gasteiger partial charge >= 0.3 is 5.97 Å². The first-order chi connectivity index (χ1) is 18.1. The topological polar surface area (TPSA) is 102 Å². The van der Waals surface area contributed by atoms with Crippen LogP contribution in [-0.4, -0.2) is 37.0 Å². The lowest BCUT2D eigenvalue weighted by Crippen LogP contribution is -2.36. The van der Waals surface area contributed by atoms with Crippen molar-refractivity contribution in [3.63, 3.8) is 0 Å². The van der Waals surface area contributed by atoms with Crippen LogP contribution in [0.15, 0.2) is 48.5 Å². The fraction of sp³-hybridized carbons (Fsp3) is 0.355. The number of anilines is 2. The third kappa shape index (κ3) is 5.38. The van der Waals surface area contributed by atoms with E-state index in [9.17, 15) is 9.59 Å².